The van der Waals surface area contributed by atoms with Crippen LogP contribution in [0.1, 0.15) is 65.1 Å². The van der Waals surface area contributed by atoms with Gasteiger partial charge in [-0.3, -0.25) is 9.78 Å². The van der Waals surface area contributed by atoms with Crippen LogP contribution in [0.4, 0.5) is 4.39 Å². The first kappa shape index (κ1) is 27.2. The van der Waals surface area contributed by atoms with Gasteiger partial charge in [-0.15, -0.1) is 0 Å². The molecule has 198 valence electrons. The number of amides is 1. The molecule has 0 radical (unpaired) electrons. The summed E-state index contributed by atoms with van der Waals surface area (Å²) in [7, 11) is 2.07. The van der Waals surface area contributed by atoms with Gasteiger partial charge in [0, 0.05) is 43.2 Å². The van der Waals surface area contributed by atoms with E-state index in [0.29, 0.717) is 42.1 Å². The second-order valence-electron chi connectivity index (χ2n) is 9.71. The summed E-state index contributed by atoms with van der Waals surface area (Å²) >= 11 is 0. The summed E-state index contributed by atoms with van der Waals surface area (Å²) in [5, 5.41) is 9.39. The number of pyridine rings is 2. The van der Waals surface area contributed by atoms with Crippen LogP contribution in [0.3, 0.4) is 0 Å². The molecule has 1 aliphatic rings. The third kappa shape index (κ3) is 5.53. The van der Waals surface area contributed by atoms with E-state index in [0.717, 1.165) is 47.3 Å². The topological polar surface area (TPSA) is 82.3 Å². The quantitative estimate of drug-likeness (QED) is 0.368. The number of rotatable bonds is 9. The van der Waals surface area contributed by atoms with Crippen LogP contribution in [0.2, 0.25) is 0 Å². The number of fused-ring (bicyclic) bond motifs is 1. The Morgan fingerprint density at radius 2 is 1.92 bits per heavy atom. The zero-order chi connectivity index (χ0) is 27.4. The minimum absolute atomic E-state index is 0.0815. The largest absolute Gasteiger partial charge is 0.492 e. The van der Waals surface area contributed by atoms with Gasteiger partial charge in [0.05, 0.1) is 18.3 Å². The Kier molecular flexibility index (Phi) is 8.38. The minimum atomic E-state index is -0.537. The molecule has 1 amide bonds. The maximum Gasteiger partial charge on any atom is 0.254 e. The molecule has 8 heteroatoms. The third-order valence-electron chi connectivity index (χ3n) is 7.29. The van der Waals surface area contributed by atoms with E-state index < -0.39 is 5.95 Å². The molecule has 1 aliphatic heterocycles. The summed E-state index contributed by atoms with van der Waals surface area (Å²) in [6.07, 6.45) is 4.45. The molecular formula is C30H34FN5O2. The smallest absolute Gasteiger partial charge is 0.254 e. The number of aryl methyl sites for hydroxylation is 1. The number of carbonyl (C=O) groups excluding carboxylic acids is 1. The Bertz CT molecular complexity index is 1380. The van der Waals surface area contributed by atoms with Gasteiger partial charge in [0.25, 0.3) is 5.91 Å². The molecule has 38 heavy (non-hydrogen) atoms. The molecule has 1 atom stereocenters. The summed E-state index contributed by atoms with van der Waals surface area (Å²) in [6, 6.07) is 9.10. The van der Waals surface area contributed by atoms with E-state index in [-0.39, 0.29) is 11.9 Å². The van der Waals surface area contributed by atoms with Crippen molar-refractivity contribution >= 4 is 5.91 Å². The van der Waals surface area contributed by atoms with Crippen molar-refractivity contribution in [3.8, 4) is 22.9 Å². The van der Waals surface area contributed by atoms with E-state index >= 15 is 0 Å². The summed E-state index contributed by atoms with van der Waals surface area (Å²) in [5.41, 5.74) is 6.17. The van der Waals surface area contributed by atoms with Crippen LogP contribution in [0, 0.1) is 24.2 Å². The Hall–Kier alpha value is -3.83. The summed E-state index contributed by atoms with van der Waals surface area (Å²) in [5.74, 6) is -0.150. The van der Waals surface area contributed by atoms with Crippen LogP contribution >= 0.6 is 0 Å². The summed E-state index contributed by atoms with van der Waals surface area (Å²) < 4.78 is 19.8. The maximum atomic E-state index is 14.2. The van der Waals surface area contributed by atoms with Crippen molar-refractivity contribution in [3.63, 3.8) is 0 Å². The van der Waals surface area contributed by atoms with Crippen molar-refractivity contribution in [2.45, 2.75) is 46.6 Å². The predicted octanol–water partition coefficient (Wildman–Crippen LogP) is 5.12. The number of aromatic nitrogens is 2. The second kappa shape index (κ2) is 11.7. The SMILES string of the molecule is CCOc1cc(C(C)N2CCc3c(cc(CCN(C)CC)cc3-c3cc(F)ncc3C)C2=O)ncc1C#N. The molecule has 0 bridgehead atoms. The van der Waals surface area contributed by atoms with E-state index in [1.165, 1.54) is 12.3 Å². The van der Waals surface area contributed by atoms with Crippen molar-refractivity contribution in [1.82, 2.24) is 19.8 Å². The zero-order valence-electron chi connectivity index (χ0n) is 22.7. The lowest BCUT2D eigenvalue weighted by molar-refractivity contribution is 0.0669. The molecule has 0 saturated heterocycles. The summed E-state index contributed by atoms with van der Waals surface area (Å²) in [4.78, 5) is 26.3. The van der Waals surface area contributed by atoms with E-state index in [1.54, 1.807) is 12.3 Å². The third-order valence-corrected chi connectivity index (χ3v) is 7.29. The lowest BCUT2D eigenvalue weighted by Crippen LogP contribution is -2.40. The van der Waals surface area contributed by atoms with Crippen molar-refractivity contribution in [2.75, 3.05) is 33.3 Å². The number of nitriles is 1. The van der Waals surface area contributed by atoms with E-state index in [1.807, 2.05) is 31.7 Å². The van der Waals surface area contributed by atoms with E-state index in [9.17, 15) is 14.4 Å². The van der Waals surface area contributed by atoms with Crippen LogP contribution in [0.25, 0.3) is 11.1 Å². The Morgan fingerprint density at radius 3 is 2.63 bits per heavy atom. The number of hydrogen-bond acceptors (Lipinski definition) is 6. The molecule has 2 aromatic heterocycles. The lowest BCUT2D eigenvalue weighted by Gasteiger charge is -2.35. The van der Waals surface area contributed by atoms with Gasteiger partial charge in [0.2, 0.25) is 5.95 Å². The van der Waals surface area contributed by atoms with Gasteiger partial charge in [-0.05, 0) is 81.1 Å². The molecule has 0 aliphatic carbocycles. The number of benzene rings is 1. The van der Waals surface area contributed by atoms with Crippen LogP contribution in [-0.2, 0) is 12.8 Å². The van der Waals surface area contributed by atoms with Crippen molar-refractivity contribution < 1.29 is 13.9 Å². The van der Waals surface area contributed by atoms with Crippen LogP contribution in [0.15, 0.2) is 36.7 Å². The lowest BCUT2D eigenvalue weighted by atomic mass is 9.86. The molecule has 3 heterocycles. The number of halogens is 1. The Morgan fingerprint density at radius 1 is 1.16 bits per heavy atom. The molecule has 0 N–H and O–H groups in total. The van der Waals surface area contributed by atoms with E-state index in [4.69, 9.17) is 4.74 Å². The van der Waals surface area contributed by atoms with Gasteiger partial charge < -0.3 is 14.5 Å². The van der Waals surface area contributed by atoms with Gasteiger partial charge in [-0.25, -0.2) is 4.98 Å². The van der Waals surface area contributed by atoms with Gasteiger partial charge in [-0.2, -0.15) is 9.65 Å². The molecule has 4 rings (SSSR count). The molecule has 1 aromatic carbocycles. The molecule has 7 nitrogen and oxygen atoms in total. The average Bonchev–Trinajstić information content (AvgIpc) is 2.92. The highest BCUT2D eigenvalue weighted by molar-refractivity contribution is 5.99. The monoisotopic (exact) mass is 515 g/mol. The number of carbonyl (C=O) groups is 1. The maximum absolute atomic E-state index is 14.2. The summed E-state index contributed by atoms with van der Waals surface area (Å²) in [6.45, 7) is 10.5. The highest BCUT2D eigenvalue weighted by Crippen LogP contribution is 2.36. The number of nitrogens with zero attached hydrogens (tertiary/aromatic N) is 5. The zero-order valence-corrected chi connectivity index (χ0v) is 22.7. The number of likely N-dealkylation sites (N-methyl/N-ethyl adjacent to an activating group) is 1. The first-order valence-corrected chi connectivity index (χ1v) is 13.1. The van der Waals surface area contributed by atoms with Gasteiger partial charge >= 0.3 is 0 Å². The van der Waals surface area contributed by atoms with Crippen LogP contribution in [0.5, 0.6) is 5.75 Å². The predicted molar refractivity (Wildman–Crippen MR) is 145 cm³/mol. The molecule has 0 saturated carbocycles. The van der Waals surface area contributed by atoms with Crippen molar-refractivity contribution in [2.24, 2.45) is 0 Å². The first-order valence-electron chi connectivity index (χ1n) is 13.1. The highest BCUT2D eigenvalue weighted by Gasteiger charge is 2.32. The van der Waals surface area contributed by atoms with Crippen molar-refractivity contribution in [1.29, 1.82) is 5.26 Å². The number of hydrogen-bond donors (Lipinski definition) is 0. The van der Waals surface area contributed by atoms with Crippen LogP contribution in [-0.4, -0.2) is 59.0 Å². The van der Waals surface area contributed by atoms with E-state index in [2.05, 4.69) is 41.0 Å². The molecule has 3 aromatic rings. The second-order valence-corrected chi connectivity index (χ2v) is 9.71. The van der Waals surface area contributed by atoms with Gasteiger partial charge in [-0.1, -0.05) is 13.0 Å². The molecule has 0 spiro atoms. The standard InChI is InChI=1S/C30H34FN5O2/c1-6-35(5)10-8-21-12-25(24-14-29(31)34-17-19(24)3)23-9-11-36(30(37)26(23)13-21)20(4)27-15-28(38-7-2)22(16-32)18-33-27/h12-15,17-18,20H,6-11H2,1-5H3. The fourth-order valence-electron chi connectivity index (χ4n) is 4.90. The minimum Gasteiger partial charge on any atom is -0.492 e. The molecular weight excluding hydrogens is 481 g/mol. The van der Waals surface area contributed by atoms with Crippen molar-refractivity contribution in [3.05, 3.63) is 76.1 Å². The first-order chi connectivity index (χ1) is 18.3. The molecule has 0 fully saturated rings. The van der Waals surface area contributed by atoms with Gasteiger partial charge in [0.1, 0.15) is 17.4 Å². The fourth-order valence-corrected chi connectivity index (χ4v) is 4.90. The van der Waals surface area contributed by atoms with Gasteiger partial charge in [0.15, 0.2) is 0 Å². The molecule has 1 unspecified atom stereocenters. The number of ether oxygens (including phenoxy) is 1. The normalized spacial score (nSPS) is 13.8. The average molecular weight is 516 g/mol. The highest BCUT2D eigenvalue weighted by atomic mass is 19.1. The fraction of sp³-hybridized carbons (Fsp3) is 0.400. The Labute approximate surface area is 223 Å². The Balaban J connectivity index is 1.75. The van der Waals surface area contributed by atoms with Crippen LogP contribution < -0.4 is 4.74 Å².